The van der Waals surface area contributed by atoms with Crippen molar-refractivity contribution in [2.75, 3.05) is 48.8 Å². The molecule has 0 amide bonds. The lowest BCUT2D eigenvalue weighted by molar-refractivity contribution is 0.414. The lowest BCUT2D eigenvalue weighted by Crippen LogP contribution is -2.46. The number of rotatable bonds is 3. The SMILES string of the molecule is COc1cccc(N2CCN(c3ccccc3N)CC2)c1. The van der Waals surface area contributed by atoms with Crippen molar-refractivity contribution in [3.8, 4) is 5.75 Å². The Kier molecular flexibility index (Phi) is 3.86. The highest BCUT2D eigenvalue weighted by molar-refractivity contribution is 5.68. The van der Waals surface area contributed by atoms with E-state index in [4.69, 9.17) is 10.5 Å². The summed E-state index contributed by atoms with van der Waals surface area (Å²) in [5.74, 6) is 0.905. The summed E-state index contributed by atoms with van der Waals surface area (Å²) in [6, 6.07) is 16.3. The van der Waals surface area contributed by atoms with Crippen molar-refractivity contribution < 1.29 is 4.74 Å². The highest BCUT2D eigenvalue weighted by Gasteiger charge is 2.18. The van der Waals surface area contributed by atoms with Gasteiger partial charge in [-0.15, -0.1) is 0 Å². The van der Waals surface area contributed by atoms with Crippen LogP contribution in [0, 0.1) is 0 Å². The maximum Gasteiger partial charge on any atom is 0.120 e. The summed E-state index contributed by atoms with van der Waals surface area (Å²) < 4.78 is 5.30. The number of methoxy groups -OCH3 is 1. The van der Waals surface area contributed by atoms with Crippen LogP contribution in [0.2, 0.25) is 0 Å². The van der Waals surface area contributed by atoms with Gasteiger partial charge in [0.2, 0.25) is 0 Å². The Bertz CT molecular complexity index is 606. The van der Waals surface area contributed by atoms with Crippen LogP contribution >= 0.6 is 0 Å². The smallest absolute Gasteiger partial charge is 0.120 e. The zero-order valence-corrected chi connectivity index (χ0v) is 12.3. The molecule has 0 aliphatic carbocycles. The van der Waals surface area contributed by atoms with Gasteiger partial charge in [0.05, 0.1) is 18.5 Å². The van der Waals surface area contributed by atoms with Crippen LogP contribution < -0.4 is 20.3 Å². The molecule has 0 bridgehead atoms. The van der Waals surface area contributed by atoms with Crippen LogP contribution in [0.1, 0.15) is 0 Å². The topological polar surface area (TPSA) is 41.7 Å². The zero-order chi connectivity index (χ0) is 14.7. The molecule has 4 nitrogen and oxygen atoms in total. The number of para-hydroxylation sites is 2. The first-order valence-electron chi connectivity index (χ1n) is 7.26. The second kappa shape index (κ2) is 5.95. The molecule has 1 heterocycles. The van der Waals surface area contributed by atoms with Crippen LogP contribution in [-0.2, 0) is 0 Å². The Hall–Kier alpha value is -2.36. The van der Waals surface area contributed by atoms with Gasteiger partial charge >= 0.3 is 0 Å². The molecule has 3 rings (SSSR count). The van der Waals surface area contributed by atoms with Crippen LogP contribution in [0.15, 0.2) is 48.5 Å². The summed E-state index contributed by atoms with van der Waals surface area (Å²) in [6.45, 7) is 3.93. The third-order valence-corrected chi connectivity index (χ3v) is 3.98. The molecule has 1 fully saturated rings. The van der Waals surface area contributed by atoms with Gasteiger partial charge in [-0.05, 0) is 24.3 Å². The lowest BCUT2D eigenvalue weighted by Gasteiger charge is -2.37. The first-order valence-corrected chi connectivity index (χ1v) is 7.26. The normalized spacial score (nSPS) is 15.1. The molecule has 2 aromatic rings. The summed E-state index contributed by atoms with van der Waals surface area (Å²) in [5, 5.41) is 0. The molecule has 1 aliphatic rings. The number of nitrogen functional groups attached to an aromatic ring is 1. The van der Waals surface area contributed by atoms with Crippen molar-refractivity contribution in [3.63, 3.8) is 0 Å². The Morgan fingerprint density at radius 2 is 1.62 bits per heavy atom. The third kappa shape index (κ3) is 2.89. The largest absolute Gasteiger partial charge is 0.497 e. The molecule has 0 spiro atoms. The second-order valence-electron chi connectivity index (χ2n) is 5.23. The number of anilines is 3. The van der Waals surface area contributed by atoms with Gasteiger partial charge in [0.15, 0.2) is 0 Å². The van der Waals surface area contributed by atoms with Gasteiger partial charge in [0.1, 0.15) is 5.75 Å². The van der Waals surface area contributed by atoms with E-state index in [-0.39, 0.29) is 0 Å². The summed E-state index contributed by atoms with van der Waals surface area (Å²) >= 11 is 0. The van der Waals surface area contributed by atoms with Crippen molar-refractivity contribution in [2.45, 2.75) is 0 Å². The number of piperazine rings is 1. The molecule has 2 N–H and O–H groups in total. The van der Waals surface area contributed by atoms with Crippen molar-refractivity contribution in [1.29, 1.82) is 0 Å². The molecule has 2 aromatic carbocycles. The zero-order valence-electron chi connectivity index (χ0n) is 12.3. The highest BCUT2D eigenvalue weighted by Crippen LogP contribution is 2.26. The molecule has 0 aromatic heterocycles. The molecule has 1 saturated heterocycles. The summed E-state index contributed by atoms with van der Waals surface area (Å²) in [7, 11) is 1.70. The molecule has 0 unspecified atom stereocenters. The van der Waals surface area contributed by atoms with E-state index < -0.39 is 0 Å². The van der Waals surface area contributed by atoms with E-state index >= 15 is 0 Å². The number of hydrogen-bond acceptors (Lipinski definition) is 4. The minimum atomic E-state index is 0.854. The standard InChI is InChI=1S/C17H21N3O/c1-21-15-6-4-5-14(13-15)19-9-11-20(12-10-19)17-8-3-2-7-16(17)18/h2-8,13H,9-12,18H2,1H3. The molecule has 4 heteroatoms. The monoisotopic (exact) mass is 283 g/mol. The predicted octanol–water partition coefficient (Wildman–Crippen LogP) is 2.60. The fraction of sp³-hybridized carbons (Fsp3) is 0.294. The minimum Gasteiger partial charge on any atom is -0.497 e. The molecule has 0 radical (unpaired) electrons. The Morgan fingerprint density at radius 1 is 0.905 bits per heavy atom. The van der Waals surface area contributed by atoms with Crippen LogP contribution in [0.4, 0.5) is 17.1 Å². The van der Waals surface area contributed by atoms with Gasteiger partial charge in [-0.25, -0.2) is 0 Å². The Labute approximate surface area is 125 Å². The molecule has 0 atom stereocenters. The van der Waals surface area contributed by atoms with Gasteiger partial charge in [0.25, 0.3) is 0 Å². The first kappa shape index (κ1) is 13.6. The highest BCUT2D eigenvalue weighted by atomic mass is 16.5. The predicted molar refractivity (Wildman–Crippen MR) is 88.3 cm³/mol. The first-order chi connectivity index (χ1) is 10.3. The average molecular weight is 283 g/mol. The molecular formula is C17H21N3O. The summed E-state index contributed by atoms with van der Waals surface area (Å²) in [5.41, 5.74) is 9.28. The quantitative estimate of drug-likeness (QED) is 0.879. The fourth-order valence-electron chi connectivity index (χ4n) is 2.79. The van der Waals surface area contributed by atoms with E-state index in [1.807, 2.05) is 30.3 Å². The Balaban J connectivity index is 1.69. The van der Waals surface area contributed by atoms with Crippen molar-refractivity contribution in [2.24, 2.45) is 0 Å². The van der Waals surface area contributed by atoms with E-state index in [2.05, 4.69) is 28.0 Å². The lowest BCUT2D eigenvalue weighted by atomic mass is 10.2. The van der Waals surface area contributed by atoms with Crippen molar-refractivity contribution >= 4 is 17.1 Å². The van der Waals surface area contributed by atoms with E-state index in [9.17, 15) is 0 Å². The van der Waals surface area contributed by atoms with Gasteiger partial charge in [-0.3, -0.25) is 0 Å². The van der Waals surface area contributed by atoms with Crippen LogP contribution in [0.25, 0.3) is 0 Å². The molecule has 1 aliphatic heterocycles. The molecule has 21 heavy (non-hydrogen) atoms. The van der Waals surface area contributed by atoms with Gasteiger partial charge < -0.3 is 20.3 Å². The van der Waals surface area contributed by atoms with Gasteiger partial charge in [-0.1, -0.05) is 18.2 Å². The number of ether oxygens (including phenoxy) is 1. The summed E-state index contributed by atoms with van der Waals surface area (Å²) in [6.07, 6.45) is 0. The van der Waals surface area contributed by atoms with E-state index in [0.717, 1.165) is 43.3 Å². The number of benzene rings is 2. The second-order valence-corrected chi connectivity index (χ2v) is 5.23. The Morgan fingerprint density at radius 3 is 2.33 bits per heavy atom. The maximum atomic E-state index is 6.06. The van der Waals surface area contributed by atoms with E-state index in [1.54, 1.807) is 7.11 Å². The summed E-state index contributed by atoms with van der Waals surface area (Å²) in [4.78, 5) is 4.74. The third-order valence-electron chi connectivity index (χ3n) is 3.98. The van der Waals surface area contributed by atoms with Crippen LogP contribution in [0.3, 0.4) is 0 Å². The maximum absolute atomic E-state index is 6.06. The number of nitrogens with two attached hydrogens (primary N) is 1. The number of hydrogen-bond donors (Lipinski definition) is 1. The molecule has 0 saturated carbocycles. The van der Waals surface area contributed by atoms with Crippen molar-refractivity contribution in [3.05, 3.63) is 48.5 Å². The minimum absolute atomic E-state index is 0.854. The van der Waals surface area contributed by atoms with Gasteiger partial charge in [-0.2, -0.15) is 0 Å². The number of nitrogens with zero attached hydrogens (tertiary/aromatic N) is 2. The fourth-order valence-corrected chi connectivity index (χ4v) is 2.79. The van der Waals surface area contributed by atoms with Crippen LogP contribution in [-0.4, -0.2) is 33.3 Å². The van der Waals surface area contributed by atoms with Crippen molar-refractivity contribution in [1.82, 2.24) is 0 Å². The van der Waals surface area contributed by atoms with E-state index in [0.29, 0.717) is 0 Å². The van der Waals surface area contributed by atoms with E-state index in [1.165, 1.54) is 5.69 Å². The average Bonchev–Trinajstić information content (AvgIpc) is 2.56. The molecule has 110 valence electrons. The molecular weight excluding hydrogens is 262 g/mol. The van der Waals surface area contributed by atoms with Gasteiger partial charge in [0, 0.05) is 37.9 Å². The van der Waals surface area contributed by atoms with Crippen LogP contribution in [0.5, 0.6) is 5.75 Å².